The molecule has 0 aromatic rings. The fourth-order valence-electron chi connectivity index (χ4n) is 0.627. The highest BCUT2D eigenvalue weighted by atomic mass is 16.5. The Balaban J connectivity index is 4.00. The number of nitriles is 1. The minimum absolute atomic E-state index is 0.0719. The first-order valence-corrected chi connectivity index (χ1v) is 3.49. The van der Waals surface area contributed by atoms with Gasteiger partial charge in [0.15, 0.2) is 0 Å². The van der Waals surface area contributed by atoms with Crippen molar-refractivity contribution in [1.82, 2.24) is 5.32 Å². The number of hydrogen-bond acceptors (Lipinski definition) is 4. The van der Waals surface area contributed by atoms with Crippen molar-refractivity contribution in [3.05, 3.63) is 0 Å². The highest BCUT2D eigenvalue weighted by Crippen LogP contribution is 1.93. The van der Waals surface area contributed by atoms with E-state index in [1.807, 2.05) is 0 Å². The molecule has 5 nitrogen and oxygen atoms in total. The molecule has 0 aromatic heterocycles. The summed E-state index contributed by atoms with van der Waals surface area (Å²) in [4.78, 5) is 20.9. The highest BCUT2D eigenvalue weighted by Gasteiger charge is 2.17. The molecule has 1 N–H and O–H groups in total. The van der Waals surface area contributed by atoms with Crippen LogP contribution in [0.25, 0.3) is 0 Å². The molecule has 0 unspecified atom stereocenters. The van der Waals surface area contributed by atoms with E-state index in [2.05, 4.69) is 10.1 Å². The van der Waals surface area contributed by atoms with E-state index in [-0.39, 0.29) is 13.0 Å². The predicted octanol–water partition coefficient (Wildman–Crippen LogP) is -0.422. The third kappa shape index (κ3) is 3.56. The van der Waals surface area contributed by atoms with E-state index in [9.17, 15) is 9.59 Å². The van der Waals surface area contributed by atoms with Crippen LogP contribution in [0.2, 0.25) is 0 Å². The Labute approximate surface area is 70.3 Å². The molecule has 0 rings (SSSR count). The molecule has 12 heavy (non-hydrogen) atoms. The molecule has 66 valence electrons. The van der Waals surface area contributed by atoms with E-state index in [0.717, 1.165) is 0 Å². The first-order chi connectivity index (χ1) is 5.76. The van der Waals surface area contributed by atoms with Gasteiger partial charge in [-0.15, -0.1) is 0 Å². The second-order valence-corrected chi connectivity index (χ2v) is 1.95. The van der Waals surface area contributed by atoms with E-state index in [0.29, 0.717) is 6.41 Å². The van der Waals surface area contributed by atoms with Crippen molar-refractivity contribution < 1.29 is 14.3 Å². The van der Waals surface area contributed by atoms with Crippen LogP contribution < -0.4 is 5.32 Å². The third-order valence-corrected chi connectivity index (χ3v) is 1.14. The lowest BCUT2D eigenvalue weighted by Crippen LogP contribution is -2.36. The van der Waals surface area contributed by atoms with Gasteiger partial charge in [0.25, 0.3) is 0 Å². The number of esters is 1. The Morgan fingerprint density at radius 3 is 2.92 bits per heavy atom. The molecule has 0 radical (unpaired) electrons. The van der Waals surface area contributed by atoms with Gasteiger partial charge in [-0.25, -0.2) is 4.79 Å². The Bertz CT molecular complexity index is 197. The fourth-order valence-corrected chi connectivity index (χ4v) is 0.627. The second kappa shape index (κ2) is 6.16. The van der Waals surface area contributed by atoms with Crippen LogP contribution in [0.15, 0.2) is 0 Å². The number of nitrogens with zero attached hydrogens (tertiary/aromatic N) is 1. The van der Waals surface area contributed by atoms with E-state index in [1.165, 1.54) is 0 Å². The monoisotopic (exact) mass is 170 g/mol. The van der Waals surface area contributed by atoms with Crippen molar-refractivity contribution in [1.29, 1.82) is 5.26 Å². The number of ether oxygens (including phenoxy) is 1. The van der Waals surface area contributed by atoms with Crippen molar-refractivity contribution in [3.63, 3.8) is 0 Å². The Kier molecular flexibility index (Phi) is 5.35. The standard InChI is InChI=1S/C7H10N2O3/c1-2-12-7(11)6(3-4-8)9-5-10/h5-6H,2-3H2,1H3,(H,9,10)/t6-/m0/s1. The summed E-state index contributed by atoms with van der Waals surface area (Å²) in [7, 11) is 0. The van der Waals surface area contributed by atoms with Gasteiger partial charge in [0.05, 0.1) is 19.1 Å². The molecule has 0 aliphatic carbocycles. The molecule has 1 atom stereocenters. The van der Waals surface area contributed by atoms with Gasteiger partial charge in [-0.05, 0) is 6.92 Å². The van der Waals surface area contributed by atoms with Gasteiger partial charge in [-0.1, -0.05) is 0 Å². The molecule has 5 heteroatoms. The van der Waals surface area contributed by atoms with E-state index >= 15 is 0 Å². The lowest BCUT2D eigenvalue weighted by atomic mass is 10.2. The summed E-state index contributed by atoms with van der Waals surface area (Å²) in [6, 6.07) is 0.929. The summed E-state index contributed by atoms with van der Waals surface area (Å²) in [5.74, 6) is -0.578. The largest absolute Gasteiger partial charge is 0.464 e. The van der Waals surface area contributed by atoms with Crippen LogP contribution in [-0.4, -0.2) is 25.0 Å². The van der Waals surface area contributed by atoms with Crippen LogP contribution in [-0.2, 0) is 14.3 Å². The number of carbonyl (C=O) groups excluding carboxylic acids is 2. The molecule has 0 saturated carbocycles. The van der Waals surface area contributed by atoms with Gasteiger partial charge in [0.2, 0.25) is 6.41 Å². The molecule has 0 aromatic carbocycles. The first kappa shape index (κ1) is 10.4. The Morgan fingerprint density at radius 2 is 2.50 bits per heavy atom. The van der Waals surface area contributed by atoms with Crippen molar-refractivity contribution in [2.75, 3.05) is 6.61 Å². The maximum absolute atomic E-state index is 10.9. The molecule has 0 aliphatic rings. The zero-order valence-electron chi connectivity index (χ0n) is 6.74. The summed E-state index contributed by atoms with van der Waals surface area (Å²) >= 11 is 0. The number of rotatable bonds is 5. The molecule has 0 aliphatic heterocycles. The average Bonchev–Trinajstić information content (AvgIpc) is 2.04. The van der Waals surface area contributed by atoms with Crippen molar-refractivity contribution in [2.24, 2.45) is 0 Å². The number of amides is 1. The zero-order chi connectivity index (χ0) is 9.40. The predicted molar refractivity (Wildman–Crippen MR) is 39.9 cm³/mol. The molecule has 0 bridgehead atoms. The summed E-state index contributed by atoms with van der Waals surface area (Å²) < 4.78 is 4.60. The van der Waals surface area contributed by atoms with Crippen LogP contribution in [0.3, 0.4) is 0 Å². The molecular formula is C7H10N2O3. The summed E-state index contributed by atoms with van der Waals surface area (Å²) in [5.41, 5.74) is 0. The molecule has 1 amide bonds. The van der Waals surface area contributed by atoms with Gasteiger partial charge in [-0.2, -0.15) is 5.26 Å². The van der Waals surface area contributed by atoms with Crippen LogP contribution >= 0.6 is 0 Å². The summed E-state index contributed by atoms with van der Waals surface area (Å²) in [6.45, 7) is 1.89. The molecular weight excluding hydrogens is 160 g/mol. The number of carbonyl (C=O) groups is 2. The quantitative estimate of drug-likeness (QED) is 0.449. The van der Waals surface area contributed by atoms with Crippen LogP contribution in [0, 0.1) is 11.3 Å². The average molecular weight is 170 g/mol. The lowest BCUT2D eigenvalue weighted by Gasteiger charge is -2.09. The minimum atomic E-state index is -0.840. The smallest absolute Gasteiger partial charge is 0.329 e. The summed E-state index contributed by atoms with van der Waals surface area (Å²) in [6.07, 6.45) is 0.302. The maximum atomic E-state index is 10.9. The normalized spacial score (nSPS) is 11.0. The highest BCUT2D eigenvalue weighted by molar-refractivity contribution is 5.78. The van der Waals surface area contributed by atoms with Gasteiger partial charge in [0, 0.05) is 0 Å². The Hall–Kier alpha value is -1.57. The van der Waals surface area contributed by atoms with Crippen molar-refractivity contribution in [2.45, 2.75) is 19.4 Å². The first-order valence-electron chi connectivity index (χ1n) is 3.49. The van der Waals surface area contributed by atoms with Gasteiger partial charge in [0.1, 0.15) is 6.04 Å². The van der Waals surface area contributed by atoms with Gasteiger partial charge < -0.3 is 10.1 Å². The molecule has 0 heterocycles. The lowest BCUT2D eigenvalue weighted by molar-refractivity contribution is -0.146. The van der Waals surface area contributed by atoms with E-state index in [4.69, 9.17) is 5.26 Å². The van der Waals surface area contributed by atoms with E-state index < -0.39 is 12.0 Å². The van der Waals surface area contributed by atoms with Crippen LogP contribution in [0.1, 0.15) is 13.3 Å². The summed E-state index contributed by atoms with van der Waals surface area (Å²) in [5, 5.41) is 10.5. The molecule has 0 fully saturated rings. The van der Waals surface area contributed by atoms with Crippen LogP contribution in [0.5, 0.6) is 0 Å². The van der Waals surface area contributed by atoms with Gasteiger partial charge >= 0.3 is 5.97 Å². The van der Waals surface area contributed by atoms with E-state index in [1.54, 1.807) is 13.0 Å². The third-order valence-electron chi connectivity index (χ3n) is 1.14. The van der Waals surface area contributed by atoms with Crippen LogP contribution in [0.4, 0.5) is 0 Å². The fraction of sp³-hybridized carbons (Fsp3) is 0.571. The topological polar surface area (TPSA) is 79.2 Å². The Morgan fingerprint density at radius 1 is 1.83 bits per heavy atom. The number of hydrogen-bond donors (Lipinski definition) is 1. The minimum Gasteiger partial charge on any atom is -0.464 e. The molecule has 0 saturated heterocycles. The maximum Gasteiger partial charge on any atom is 0.329 e. The molecule has 0 spiro atoms. The zero-order valence-corrected chi connectivity index (χ0v) is 6.74. The van der Waals surface area contributed by atoms with Gasteiger partial charge in [-0.3, -0.25) is 4.79 Å². The van der Waals surface area contributed by atoms with Crippen molar-refractivity contribution >= 4 is 12.4 Å². The number of nitrogens with one attached hydrogen (secondary N) is 1. The SMILES string of the molecule is CCOC(=O)[C@H](CC#N)NC=O. The second-order valence-electron chi connectivity index (χ2n) is 1.95. The van der Waals surface area contributed by atoms with Crippen molar-refractivity contribution in [3.8, 4) is 6.07 Å².